The van der Waals surface area contributed by atoms with E-state index in [4.69, 9.17) is 5.14 Å². The Morgan fingerprint density at radius 2 is 2.00 bits per heavy atom. The van der Waals surface area contributed by atoms with Gasteiger partial charge in [0.15, 0.2) is 5.82 Å². The number of amides is 1. The zero-order chi connectivity index (χ0) is 14.9. The van der Waals surface area contributed by atoms with E-state index >= 15 is 0 Å². The van der Waals surface area contributed by atoms with Crippen LogP contribution in [0, 0.1) is 6.92 Å². The summed E-state index contributed by atoms with van der Waals surface area (Å²) in [6.07, 6.45) is 1.24. The van der Waals surface area contributed by atoms with Gasteiger partial charge in [0, 0.05) is 18.8 Å². The van der Waals surface area contributed by atoms with Crippen LogP contribution in [0.4, 0.5) is 5.82 Å². The SMILES string of the molecule is Cc1ccccc1C(=O)Nc1nn(C)cc1S(N)(=O)=O. The molecule has 8 heteroatoms. The lowest BCUT2D eigenvalue weighted by Gasteiger charge is -2.06. The number of carbonyl (C=O) groups excluding carboxylic acids is 1. The molecule has 1 heterocycles. The fourth-order valence-corrected chi connectivity index (χ4v) is 2.42. The number of primary sulfonamides is 1. The van der Waals surface area contributed by atoms with Crippen molar-refractivity contribution in [1.29, 1.82) is 0 Å². The van der Waals surface area contributed by atoms with Crippen LogP contribution in [0.1, 0.15) is 15.9 Å². The fourth-order valence-electron chi connectivity index (χ4n) is 1.76. The Morgan fingerprint density at radius 3 is 2.60 bits per heavy atom. The summed E-state index contributed by atoms with van der Waals surface area (Å²) in [6.45, 7) is 1.79. The van der Waals surface area contributed by atoms with Crippen molar-refractivity contribution in [1.82, 2.24) is 9.78 Å². The number of rotatable bonds is 3. The van der Waals surface area contributed by atoms with Crippen LogP contribution in [0.5, 0.6) is 0 Å². The highest BCUT2D eigenvalue weighted by Gasteiger charge is 2.20. The van der Waals surface area contributed by atoms with Gasteiger partial charge in [-0.2, -0.15) is 5.10 Å². The monoisotopic (exact) mass is 294 g/mol. The van der Waals surface area contributed by atoms with Gasteiger partial charge in [-0.05, 0) is 18.6 Å². The zero-order valence-electron chi connectivity index (χ0n) is 11.0. The maximum atomic E-state index is 12.1. The molecule has 0 saturated carbocycles. The highest BCUT2D eigenvalue weighted by molar-refractivity contribution is 7.89. The Kier molecular flexibility index (Phi) is 3.60. The minimum atomic E-state index is -3.95. The minimum Gasteiger partial charge on any atom is -0.304 e. The lowest BCUT2D eigenvalue weighted by atomic mass is 10.1. The standard InChI is InChI=1S/C12H14N4O3S/c1-8-5-3-4-6-9(8)12(17)14-11-10(20(13,18)19)7-16(2)15-11/h3-7H,1-2H3,(H2,13,18,19)(H,14,15,17). The molecule has 20 heavy (non-hydrogen) atoms. The second-order valence-electron chi connectivity index (χ2n) is 4.33. The van der Waals surface area contributed by atoms with Gasteiger partial charge in [0.25, 0.3) is 5.91 Å². The molecule has 0 atom stereocenters. The van der Waals surface area contributed by atoms with Gasteiger partial charge in [-0.1, -0.05) is 18.2 Å². The van der Waals surface area contributed by atoms with Crippen LogP contribution in [-0.2, 0) is 17.1 Å². The average Bonchev–Trinajstić information content (AvgIpc) is 2.70. The number of hydrogen-bond acceptors (Lipinski definition) is 4. The van der Waals surface area contributed by atoms with Crippen molar-refractivity contribution >= 4 is 21.7 Å². The van der Waals surface area contributed by atoms with E-state index in [2.05, 4.69) is 10.4 Å². The van der Waals surface area contributed by atoms with Crippen molar-refractivity contribution in [3.05, 3.63) is 41.6 Å². The van der Waals surface area contributed by atoms with Gasteiger partial charge in [0.05, 0.1) is 0 Å². The Hall–Kier alpha value is -2.19. The smallest absolute Gasteiger partial charge is 0.257 e. The third-order valence-corrected chi connectivity index (χ3v) is 3.64. The summed E-state index contributed by atoms with van der Waals surface area (Å²) in [6, 6.07) is 6.96. The number of benzene rings is 1. The molecular weight excluding hydrogens is 280 g/mol. The van der Waals surface area contributed by atoms with Gasteiger partial charge in [0.1, 0.15) is 4.90 Å². The summed E-state index contributed by atoms with van der Waals surface area (Å²) in [5.41, 5.74) is 1.22. The number of aryl methyl sites for hydroxylation is 2. The van der Waals surface area contributed by atoms with Crippen LogP contribution < -0.4 is 10.5 Å². The summed E-state index contributed by atoms with van der Waals surface area (Å²) in [4.78, 5) is 11.9. The highest BCUT2D eigenvalue weighted by atomic mass is 32.2. The third-order valence-electron chi connectivity index (χ3n) is 2.72. The van der Waals surface area contributed by atoms with E-state index in [0.717, 1.165) is 5.56 Å². The number of hydrogen-bond donors (Lipinski definition) is 2. The number of nitrogens with two attached hydrogens (primary N) is 1. The predicted molar refractivity (Wildman–Crippen MR) is 73.7 cm³/mol. The van der Waals surface area contributed by atoms with E-state index in [1.54, 1.807) is 25.1 Å². The minimum absolute atomic E-state index is 0.0803. The van der Waals surface area contributed by atoms with Gasteiger partial charge >= 0.3 is 0 Å². The molecule has 3 N–H and O–H groups in total. The fraction of sp³-hybridized carbons (Fsp3) is 0.167. The van der Waals surface area contributed by atoms with E-state index < -0.39 is 15.9 Å². The van der Waals surface area contributed by atoms with Crippen molar-refractivity contribution in [3.8, 4) is 0 Å². The Morgan fingerprint density at radius 1 is 1.35 bits per heavy atom. The van der Waals surface area contributed by atoms with Gasteiger partial charge in [-0.25, -0.2) is 13.6 Å². The second-order valence-corrected chi connectivity index (χ2v) is 5.86. The molecule has 0 radical (unpaired) electrons. The second kappa shape index (κ2) is 5.06. The van der Waals surface area contributed by atoms with Crippen molar-refractivity contribution < 1.29 is 13.2 Å². The Balaban J connectivity index is 2.37. The molecule has 1 amide bonds. The molecule has 2 aromatic rings. The quantitative estimate of drug-likeness (QED) is 0.865. The summed E-state index contributed by atoms with van der Waals surface area (Å²) in [7, 11) is -2.41. The molecule has 0 aliphatic rings. The van der Waals surface area contributed by atoms with Crippen LogP contribution in [0.25, 0.3) is 0 Å². The van der Waals surface area contributed by atoms with Crippen molar-refractivity contribution in [3.63, 3.8) is 0 Å². The Labute approximate surface area is 116 Å². The normalized spacial score (nSPS) is 11.3. The van der Waals surface area contributed by atoms with Crippen LogP contribution in [-0.4, -0.2) is 24.1 Å². The van der Waals surface area contributed by atoms with Crippen LogP contribution in [0.3, 0.4) is 0 Å². The maximum absolute atomic E-state index is 12.1. The van der Waals surface area contributed by atoms with Crippen molar-refractivity contribution in [2.75, 3.05) is 5.32 Å². The predicted octanol–water partition coefficient (Wildman–Crippen LogP) is 0.628. The molecule has 0 bridgehead atoms. The van der Waals surface area contributed by atoms with E-state index in [-0.39, 0.29) is 10.7 Å². The Bertz CT molecular complexity index is 765. The number of carbonyl (C=O) groups is 1. The molecule has 0 aliphatic heterocycles. The van der Waals surface area contributed by atoms with Gasteiger partial charge in [-0.15, -0.1) is 0 Å². The topological polar surface area (TPSA) is 107 Å². The molecule has 0 spiro atoms. The van der Waals surface area contributed by atoms with Gasteiger partial charge in [0.2, 0.25) is 10.0 Å². The first-order valence-electron chi connectivity index (χ1n) is 5.72. The number of nitrogens with zero attached hydrogens (tertiary/aromatic N) is 2. The van der Waals surface area contributed by atoms with E-state index in [1.807, 2.05) is 6.07 Å². The molecule has 1 aromatic carbocycles. The van der Waals surface area contributed by atoms with Gasteiger partial charge < -0.3 is 5.32 Å². The van der Waals surface area contributed by atoms with Crippen LogP contribution in [0.15, 0.2) is 35.4 Å². The van der Waals surface area contributed by atoms with E-state index in [9.17, 15) is 13.2 Å². The number of nitrogens with one attached hydrogen (secondary N) is 1. The highest BCUT2D eigenvalue weighted by Crippen LogP contribution is 2.18. The van der Waals surface area contributed by atoms with E-state index in [1.165, 1.54) is 17.9 Å². The first-order chi connectivity index (χ1) is 9.29. The van der Waals surface area contributed by atoms with Crippen molar-refractivity contribution in [2.45, 2.75) is 11.8 Å². The molecule has 0 unspecified atom stereocenters. The summed E-state index contributed by atoms with van der Waals surface area (Å²) in [5, 5.41) is 11.4. The summed E-state index contributed by atoms with van der Waals surface area (Å²) < 4.78 is 24.1. The lowest BCUT2D eigenvalue weighted by Crippen LogP contribution is -2.18. The van der Waals surface area contributed by atoms with Gasteiger partial charge in [-0.3, -0.25) is 9.48 Å². The first-order valence-corrected chi connectivity index (χ1v) is 7.27. The average molecular weight is 294 g/mol. The molecule has 106 valence electrons. The molecule has 7 nitrogen and oxygen atoms in total. The molecule has 2 rings (SSSR count). The van der Waals surface area contributed by atoms with Crippen LogP contribution >= 0.6 is 0 Å². The summed E-state index contributed by atoms with van der Waals surface area (Å²) in [5.74, 6) is -0.519. The third kappa shape index (κ3) is 2.86. The van der Waals surface area contributed by atoms with Crippen LogP contribution in [0.2, 0.25) is 0 Å². The number of anilines is 1. The molecular formula is C12H14N4O3S. The van der Waals surface area contributed by atoms with Crippen molar-refractivity contribution in [2.24, 2.45) is 12.2 Å². The maximum Gasteiger partial charge on any atom is 0.257 e. The van der Waals surface area contributed by atoms with E-state index in [0.29, 0.717) is 5.56 Å². The number of sulfonamides is 1. The molecule has 0 saturated heterocycles. The molecule has 1 aromatic heterocycles. The largest absolute Gasteiger partial charge is 0.304 e. The summed E-state index contributed by atoms with van der Waals surface area (Å²) >= 11 is 0. The molecule has 0 fully saturated rings. The molecule has 0 aliphatic carbocycles. The first kappa shape index (κ1) is 14.2. The lowest BCUT2D eigenvalue weighted by molar-refractivity contribution is 0.102. The number of aromatic nitrogens is 2. The zero-order valence-corrected chi connectivity index (χ0v) is 11.8.